The third kappa shape index (κ3) is 4.54. The number of rotatable bonds is 7. The van der Waals surface area contributed by atoms with E-state index in [2.05, 4.69) is 41.6 Å². The molecule has 3 nitrogen and oxygen atoms in total. The lowest BCUT2D eigenvalue weighted by Gasteiger charge is -2.10. The SMILES string of the molecule is C=CC(/C=C(\N=C)Nc1ccccc1CC)=N/CC. The van der Waals surface area contributed by atoms with Crippen molar-refractivity contribution in [3.05, 3.63) is 54.4 Å². The highest BCUT2D eigenvalue weighted by Gasteiger charge is 2.01. The van der Waals surface area contributed by atoms with E-state index < -0.39 is 0 Å². The van der Waals surface area contributed by atoms with Gasteiger partial charge >= 0.3 is 0 Å². The summed E-state index contributed by atoms with van der Waals surface area (Å²) in [6.07, 6.45) is 4.52. The summed E-state index contributed by atoms with van der Waals surface area (Å²) in [5, 5.41) is 3.27. The number of nitrogens with one attached hydrogen (secondary N) is 1. The monoisotopic (exact) mass is 255 g/mol. The molecule has 0 amide bonds. The minimum Gasteiger partial charge on any atom is -0.340 e. The molecule has 0 heterocycles. The average Bonchev–Trinajstić information content (AvgIpc) is 2.46. The van der Waals surface area contributed by atoms with E-state index in [1.54, 1.807) is 6.08 Å². The molecule has 0 unspecified atom stereocenters. The van der Waals surface area contributed by atoms with E-state index in [0.29, 0.717) is 12.4 Å². The number of benzene rings is 1. The number of para-hydroxylation sites is 1. The van der Waals surface area contributed by atoms with Crippen molar-refractivity contribution in [2.75, 3.05) is 11.9 Å². The molecule has 0 aliphatic heterocycles. The Bertz CT molecular complexity index is 498. The van der Waals surface area contributed by atoms with Crippen molar-refractivity contribution in [3.8, 4) is 0 Å². The molecular weight excluding hydrogens is 234 g/mol. The van der Waals surface area contributed by atoms with Gasteiger partial charge in [-0.15, -0.1) is 0 Å². The van der Waals surface area contributed by atoms with Crippen LogP contribution in [0.2, 0.25) is 0 Å². The maximum atomic E-state index is 4.31. The molecule has 1 aromatic rings. The van der Waals surface area contributed by atoms with Gasteiger partial charge in [0.15, 0.2) is 0 Å². The van der Waals surface area contributed by atoms with Gasteiger partial charge in [-0.25, -0.2) is 4.99 Å². The Morgan fingerprint density at radius 3 is 2.63 bits per heavy atom. The molecule has 0 aliphatic rings. The normalized spacial score (nSPS) is 12.1. The maximum absolute atomic E-state index is 4.31. The van der Waals surface area contributed by atoms with Gasteiger partial charge in [0.2, 0.25) is 0 Å². The largest absolute Gasteiger partial charge is 0.340 e. The first-order valence-corrected chi connectivity index (χ1v) is 6.45. The van der Waals surface area contributed by atoms with Crippen LogP contribution in [0.4, 0.5) is 5.69 Å². The summed E-state index contributed by atoms with van der Waals surface area (Å²) in [5.74, 6) is 0.674. The molecule has 1 N–H and O–H groups in total. The summed E-state index contributed by atoms with van der Waals surface area (Å²) in [6, 6.07) is 8.15. The second-order valence-corrected chi connectivity index (χ2v) is 3.93. The number of hydrogen-bond acceptors (Lipinski definition) is 3. The van der Waals surface area contributed by atoms with Crippen LogP contribution in [-0.4, -0.2) is 19.0 Å². The Hall–Kier alpha value is -2.16. The molecule has 19 heavy (non-hydrogen) atoms. The van der Waals surface area contributed by atoms with Crippen LogP contribution < -0.4 is 5.32 Å². The molecule has 1 rings (SSSR count). The van der Waals surface area contributed by atoms with Gasteiger partial charge in [-0.1, -0.05) is 31.7 Å². The van der Waals surface area contributed by atoms with Crippen molar-refractivity contribution in [1.29, 1.82) is 0 Å². The number of nitrogens with zero attached hydrogens (tertiary/aromatic N) is 2. The summed E-state index contributed by atoms with van der Waals surface area (Å²) in [6.45, 7) is 12.2. The fourth-order valence-electron chi connectivity index (χ4n) is 1.70. The van der Waals surface area contributed by atoms with Gasteiger partial charge in [0, 0.05) is 18.3 Å². The highest BCUT2D eigenvalue weighted by Crippen LogP contribution is 2.17. The van der Waals surface area contributed by atoms with E-state index in [1.807, 2.05) is 31.2 Å². The van der Waals surface area contributed by atoms with Gasteiger partial charge in [-0.2, -0.15) is 0 Å². The fraction of sp³-hybridized carbons (Fsp3) is 0.250. The minimum absolute atomic E-state index is 0.674. The van der Waals surface area contributed by atoms with Gasteiger partial charge in [0.1, 0.15) is 5.82 Å². The predicted molar refractivity (Wildman–Crippen MR) is 85.2 cm³/mol. The first-order chi connectivity index (χ1) is 9.24. The number of anilines is 1. The molecule has 0 aromatic heterocycles. The Labute approximate surface area is 115 Å². The standard InChI is InChI=1S/C16H21N3/c1-5-13-10-8-9-11-15(13)19-16(17-4)12-14(6-2)18-7-3/h6,8-12,19H,2,4-5,7H2,1,3H3/b16-12+,18-14-. The molecule has 0 saturated heterocycles. The van der Waals surface area contributed by atoms with E-state index in [4.69, 9.17) is 0 Å². The third-order valence-corrected chi connectivity index (χ3v) is 2.67. The molecule has 1 aromatic carbocycles. The van der Waals surface area contributed by atoms with Gasteiger partial charge in [-0.3, -0.25) is 4.99 Å². The Balaban J connectivity index is 2.99. The lowest BCUT2D eigenvalue weighted by atomic mass is 10.1. The first kappa shape index (κ1) is 14.9. The average molecular weight is 255 g/mol. The van der Waals surface area contributed by atoms with E-state index in [9.17, 15) is 0 Å². The number of hydrogen-bond donors (Lipinski definition) is 1. The molecule has 0 fully saturated rings. The molecule has 0 spiro atoms. The van der Waals surface area contributed by atoms with Crippen LogP contribution in [0.25, 0.3) is 0 Å². The van der Waals surface area contributed by atoms with E-state index >= 15 is 0 Å². The molecule has 0 saturated carbocycles. The van der Waals surface area contributed by atoms with Gasteiger partial charge in [0.05, 0.1) is 5.71 Å². The summed E-state index contributed by atoms with van der Waals surface area (Å²) in [4.78, 5) is 8.31. The first-order valence-electron chi connectivity index (χ1n) is 6.45. The molecular formula is C16H21N3. The molecule has 0 aliphatic carbocycles. The van der Waals surface area contributed by atoms with Crippen molar-refractivity contribution in [2.24, 2.45) is 9.98 Å². The van der Waals surface area contributed by atoms with Crippen LogP contribution in [0, 0.1) is 0 Å². The smallest absolute Gasteiger partial charge is 0.131 e. The zero-order chi connectivity index (χ0) is 14.1. The summed E-state index contributed by atoms with van der Waals surface area (Å²) >= 11 is 0. The summed E-state index contributed by atoms with van der Waals surface area (Å²) in [5.41, 5.74) is 3.08. The zero-order valence-corrected chi connectivity index (χ0v) is 11.7. The highest BCUT2D eigenvalue weighted by molar-refractivity contribution is 6.04. The van der Waals surface area contributed by atoms with Crippen molar-refractivity contribution >= 4 is 18.1 Å². The topological polar surface area (TPSA) is 36.8 Å². The summed E-state index contributed by atoms with van der Waals surface area (Å²) < 4.78 is 0. The molecule has 3 heteroatoms. The molecule has 0 bridgehead atoms. The highest BCUT2D eigenvalue weighted by atomic mass is 15.0. The Morgan fingerprint density at radius 2 is 2.05 bits per heavy atom. The van der Waals surface area contributed by atoms with Crippen LogP contribution in [0.5, 0.6) is 0 Å². The second-order valence-electron chi connectivity index (χ2n) is 3.93. The van der Waals surface area contributed by atoms with E-state index in [1.165, 1.54) is 5.56 Å². The Kier molecular flexibility index (Phi) is 6.30. The quantitative estimate of drug-likeness (QED) is 0.738. The van der Waals surface area contributed by atoms with Crippen LogP contribution in [0.3, 0.4) is 0 Å². The van der Waals surface area contributed by atoms with Crippen molar-refractivity contribution in [1.82, 2.24) is 0 Å². The summed E-state index contributed by atoms with van der Waals surface area (Å²) in [7, 11) is 0. The Morgan fingerprint density at radius 1 is 1.32 bits per heavy atom. The lowest BCUT2D eigenvalue weighted by molar-refractivity contribution is 1.13. The third-order valence-electron chi connectivity index (χ3n) is 2.67. The van der Waals surface area contributed by atoms with E-state index in [-0.39, 0.29) is 0 Å². The van der Waals surface area contributed by atoms with Gasteiger partial charge in [-0.05, 0) is 37.8 Å². The van der Waals surface area contributed by atoms with E-state index in [0.717, 1.165) is 17.8 Å². The van der Waals surface area contributed by atoms with Crippen LogP contribution in [0.1, 0.15) is 19.4 Å². The maximum Gasteiger partial charge on any atom is 0.131 e. The zero-order valence-electron chi connectivity index (χ0n) is 11.7. The van der Waals surface area contributed by atoms with Crippen LogP contribution in [-0.2, 0) is 6.42 Å². The van der Waals surface area contributed by atoms with Crippen molar-refractivity contribution < 1.29 is 0 Å². The molecule has 0 radical (unpaired) electrons. The van der Waals surface area contributed by atoms with Crippen LogP contribution in [0.15, 0.2) is 58.8 Å². The lowest BCUT2D eigenvalue weighted by Crippen LogP contribution is -2.02. The fourth-order valence-corrected chi connectivity index (χ4v) is 1.70. The van der Waals surface area contributed by atoms with Gasteiger partial charge < -0.3 is 5.32 Å². The second kappa shape index (κ2) is 8.03. The number of aryl methyl sites for hydroxylation is 1. The molecule has 100 valence electrons. The number of aliphatic imine (C=N–C) groups is 2. The van der Waals surface area contributed by atoms with Crippen molar-refractivity contribution in [3.63, 3.8) is 0 Å². The van der Waals surface area contributed by atoms with Crippen LogP contribution >= 0.6 is 0 Å². The van der Waals surface area contributed by atoms with Crippen molar-refractivity contribution in [2.45, 2.75) is 20.3 Å². The predicted octanol–water partition coefficient (Wildman–Crippen LogP) is 3.85. The molecule has 0 atom stereocenters. The van der Waals surface area contributed by atoms with Gasteiger partial charge in [0.25, 0.3) is 0 Å². The minimum atomic E-state index is 0.674. The number of allylic oxidation sites excluding steroid dienone is 2.